The summed E-state index contributed by atoms with van der Waals surface area (Å²) in [4.78, 5) is -0.501. The van der Waals surface area contributed by atoms with Crippen LogP contribution in [-0.2, 0) is 21.4 Å². The Balaban J connectivity index is 3.06. The number of rotatable bonds is 7. The van der Waals surface area contributed by atoms with Gasteiger partial charge in [-0.15, -0.1) is 0 Å². The van der Waals surface area contributed by atoms with Gasteiger partial charge in [0.05, 0.1) is 13.2 Å². The lowest BCUT2D eigenvalue weighted by Crippen LogP contribution is -2.36. The van der Waals surface area contributed by atoms with Crippen molar-refractivity contribution >= 4 is 26.0 Å². The van der Waals surface area contributed by atoms with Gasteiger partial charge in [0.15, 0.2) is 0 Å². The van der Waals surface area contributed by atoms with E-state index >= 15 is 0 Å². The van der Waals surface area contributed by atoms with Crippen molar-refractivity contribution in [3.8, 4) is 0 Å². The third-order valence-electron chi connectivity index (χ3n) is 2.47. The molecule has 0 aliphatic rings. The molecule has 114 valence electrons. The summed E-state index contributed by atoms with van der Waals surface area (Å²) < 4.78 is 46.1. The van der Waals surface area contributed by atoms with E-state index in [0.29, 0.717) is 11.1 Å². The summed E-state index contributed by atoms with van der Waals surface area (Å²) in [6.07, 6.45) is 0. The van der Waals surface area contributed by atoms with Gasteiger partial charge in [0.1, 0.15) is 10.7 Å². The van der Waals surface area contributed by atoms with Gasteiger partial charge in [-0.3, -0.25) is 0 Å². The topological polar surface area (TPSA) is 75.6 Å². The van der Waals surface area contributed by atoms with E-state index in [2.05, 4.69) is 20.7 Å². The molecule has 0 aliphatic heterocycles. The minimum atomic E-state index is -4.02. The van der Waals surface area contributed by atoms with Crippen molar-refractivity contribution in [3.05, 3.63) is 28.0 Å². The van der Waals surface area contributed by atoms with E-state index in [0.717, 1.165) is 6.07 Å². The maximum Gasteiger partial charge on any atom is 0.243 e. The van der Waals surface area contributed by atoms with Crippen LogP contribution >= 0.6 is 15.9 Å². The Kier molecular flexibility index (Phi) is 6.53. The van der Waals surface area contributed by atoms with Crippen molar-refractivity contribution in [1.29, 1.82) is 0 Å². The Morgan fingerprint density at radius 2 is 2.15 bits per heavy atom. The highest BCUT2D eigenvalue weighted by atomic mass is 79.9. The predicted molar refractivity (Wildman–Crippen MR) is 76.3 cm³/mol. The molecule has 0 bridgehead atoms. The molecule has 1 aromatic carbocycles. The molecule has 1 atom stereocenters. The zero-order valence-corrected chi connectivity index (χ0v) is 13.6. The Morgan fingerprint density at radius 1 is 1.50 bits per heavy atom. The zero-order valence-electron chi connectivity index (χ0n) is 11.2. The van der Waals surface area contributed by atoms with Crippen LogP contribution in [0.3, 0.4) is 0 Å². The number of halogens is 2. The van der Waals surface area contributed by atoms with Gasteiger partial charge in [-0.05, 0) is 26.0 Å². The first-order chi connectivity index (χ1) is 9.31. The summed E-state index contributed by atoms with van der Waals surface area (Å²) in [6, 6.07) is 2.00. The Bertz CT molecular complexity index is 565. The molecule has 0 spiro atoms. The predicted octanol–water partition coefficient (Wildman–Crippen LogP) is 1.78. The SMILES string of the molecule is CCOCC(C)NS(=O)(=O)c1cc(Br)cc(CO)c1F. The third-order valence-corrected chi connectivity index (χ3v) is 4.51. The lowest BCUT2D eigenvalue weighted by atomic mass is 10.2. The molecular weight excluding hydrogens is 353 g/mol. The second-order valence-electron chi connectivity index (χ2n) is 4.22. The summed E-state index contributed by atoms with van der Waals surface area (Å²) in [5.41, 5.74) is -0.0859. The van der Waals surface area contributed by atoms with Crippen molar-refractivity contribution in [3.63, 3.8) is 0 Å². The number of aliphatic hydroxyl groups is 1. The molecule has 0 aromatic heterocycles. The zero-order chi connectivity index (χ0) is 15.3. The molecule has 0 radical (unpaired) electrons. The normalized spacial score (nSPS) is 13.4. The highest BCUT2D eigenvalue weighted by Gasteiger charge is 2.24. The van der Waals surface area contributed by atoms with E-state index in [1.165, 1.54) is 6.07 Å². The fraction of sp³-hybridized carbons (Fsp3) is 0.500. The first kappa shape index (κ1) is 17.5. The highest BCUT2D eigenvalue weighted by molar-refractivity contribution is 9.10. The number of aliphatic hydroxyl groups excluding tert-OH is 1. The van der Waals surface area contributed by atoms with E-state index in [1.54, 1.807) is 13.8 Å². The minimum Gasteiger partial charge on any atom is -0.392 e. The molecule has 0 heterocycles. The molecule has 1 unspecified atom stereocenters. The second kappa shape index (κ2) is 7.46. The Hall–Kier alpha value is -0.540. The first-order valence-corrected chi connectivity index (χ1v) is 8.28. The van der Waals surface area contributed by atoms with Crippen LogP contribution < -0.4 is 4.72 Å². The first-order valence-electron chi connectivity index (χ1n) is 6.00. The molecule has 1 aromatic rings. The number of ether oxygens (including phenoxy) is 1. The highest BCUT2D eigenvalue weighted by Crippen LogP contribution is 2.24. The van der Waals surface area contributed by atoms with Gasteiger partial charge in [-0.1, -0.05) is 15.9 Å². The second-order valence-corrected chi connectivity index (χ2v) is 6.82. The smallest absolute Gasteiger partial charge is 0.243 e. The number of benzene rings is 1. The monoisotopic (exact) mass is 369 g/mol. The van der Waals surface area contributed by atoms with Gasteiger partial charge in [0, 0.05) is 22.7 Å². The largest absolute Gasteiger partial charge is 0.392 e. The average molecular weight is 370 g/mol. The average Bonchev–Trinajstić information content (AvgIpc) is 2.37. The summed E-state index contributed by atoms with van der Waals surface area (Å²) in [5, 5.41) is 9.04. The molecule has 1 rings (SSSR count). The Labute approximate surface area is 126 Å². The van der Waals surface area contributed by atoms with Gasteiger partial charge in [0.25, 0.3) is 0 Å². The van der Waals surface area contributed by atoms with E-state index in [4.69, 9.17) is 9.84 Å². The molecule has 8 heteroatoms. The molecule has 2 N–H and O–H groups in total. The van der Waals surface area contributed by atoms with Crippen LogP contribution in [0.2, 0.25) is 0 Å². The Morgan fingerprint density at radius 3 is 2.70 bits per heavy atom. The van der Waals surface area contributed by atoms with Gasteiger partial charge < -0.3 is 9.84 Å². The standard InChI is InChI=1S/C12H17BrFNO4S/c1-3-19-7-8(2)15-20(17,18)11-5-10(13)4-9(6-16)12(11)14/h4-5,8,15-16H,3,6-7H2,1-2H3. The molecule has 0 saturated carbocycles. The summed E-state index contributed by atoms with van der Waals surface area (Å²) in [7, 11) is -4.02. The van der Waals surface area contributed by atoms with E-state index in [-0.39, 0.29) is 12.2 Å². The number of sulfonamides is 1. The van der Waals surface area contributed by atoms with Gasteiger partial charge in [0.2, 0.25) is 10.0 Å². The molecule has 20 heavy (non-hydrogen) atoms. The van der Waals surface area contributed by atoms with Crippen molar-refractivity contribution in [2.24, 2.45) is 0 Å². The molecule has 0 amide bonds. The van der Waals surface area contributed by atoms with E-state index in [9.17, 15) is 12.8 Å². The summed E-state index contributed by atoms with van der Waals surface area (Å²) in [5.74, 6) is -0.952. The number of hydrogen-bond acceptors (Lipinski definition) is 4. The quantitative estimate of drug-likeness (QED) is 0.767. The van der Waals surface area contributed by atoms with Crippen molar-refractivity contribution < 1.29 is 22.7 Å². The summed E-state index contributed by atoms with van der Waals surface area (Å²) >= 11 is 3.09. The minimum absolute atomic E-state index is 0.0859. The third kappa shape index (κ3) is 4.49. The maximum atomic E-state index is 14.0. The van der Waals surface area contributed by atoms with Crippen LogP contribution in [0.1, 0.15) is 19.4 Å². The van der Waals surface area contributed by atoms with Crippen molar-refractivity contribution in [1.82, 2.24) is 4.72 Å². The van der Waals surface area contributed by atoms with Crippen molar-refractivity contribution in [2.45, 2.75) is 31.4 Å². The van der Waals surface area contributed by atoms with Crippen LogP contribution in [0.4, 0.5) is 4.39 Å². The van der Waals surface area contributed by atoms with Crippen LogP contribution in [0.5, 0.6) is 0 Å². The lowest BCUT2D eigenvalue weighted by Gasteiger charge is -2.15. The van der Waals surface area contributed by atoms with Gasteiger partial charge >= 0.3 is 0 Å². The molecular formula is C12H17BrFNO4S. The molecule has 5 nitrogen and oxygen atoms in total. The number of nitrogens with one attached hydrogen (secondary N) is 1. The van der Waals surface area contributed by atoms with Crippen LogP contribution in [-0.4, -0.2) is 32.8 Å². The van der Waals surface area contributed by atoms with Crippen LogP contribution in [0, 0.1) is 5.82 Å². The molecule has 0 saturated heterocycles. The van der Waals surface area contributed by atoms with E-state index in [1.807, 2.05) is 0 Å². The van der Waals surface area contributed by atoms with Crippen molar-refractivity contribution in [2.75, 3.05) is 13.2 Å². The van der Waals surface area contributed by atoms with Gasteiger partial charge in [-0.25, -0.2) is 17.5 Å². The van der Waals surface area contributed by atoms with Gasteiger partial charge in [-0.2, -0.15) is 0 Å². The molecule has 0 aliphatic carbocycles. The van der Waals surface area contributed by atoms with Crippen LogP contribution in [0.15, 0.2) is 21.5 Å². The maximum absolute atomic E-state index is 14.0. The number of hydrogen-bond donors (Lipinski definition) is 2. The van der Waals surface area contributed by atoms with E-state index < -0.39 is 33.4 Å². The van der Waals surface area contributed by atoms with Crippen LogP contribution in [0.25, 0.3) is 0 Å². The fourth-order valence-corrected chi connectivity index (χ4v) is 3.62. The summed E-state index contributed by atoms with van der Waals surface area (Å²) in [6.45, 7) is 3.49. The fourth-order valence-electron chi connectivity index (χ4n) is 1.59. The molecule has 0 fully saturated rings. The lowest BCUT2D eigenvalue weighted by molar-refractivity contribution is 0.133.